The monoisotopic (exact) mass is 233 g/mol. The first-order valence-electron chi connectivity index (χ1n) is 4.84. The maximum atomic E-state index is 11.4. The molecule has 0 aliphatic rings. The predicted octanol–water partition coefficient (Wildman–Crippen LogP) is 3.14. The van der Waals surface area contributed by atoms with E-state index in [0.29, 0.717) is 10.7 Å². The van der Waals surface area contributed by atoms with Crippen LogP contribution in [0.3, 0.4) is 0 Å². The number of nitrogens with one attached hydrogen (secondary N) is 1. The van der Waals surface area contributed by atoms with Crippen LogP contribution in [0.25, 0.3) is 11.3 Å². The van der Waals surface area contributed by atoms with Crippen LogP contribution < -0.4 is 0 Å². The highest BCUT2D eigenvalue weighted by Gasteiger charge is 2.08. The van der Waals surface area contributed by atoms with Gasteiger partial charge in [0.25, 0.3) is 0 Å². The Labute approximate surface area is 98.4 Å². The van der Waals surface area contributed by atoms with Crippen molar-refractivity contribution in [1.82, 2.24) is 10.2 Å². The fraction of sp³-hybridized carbons (Fsp3) is 0.0833. The molecule has 2 aromatic rings. The van der Waals surface area contributed by atoms with Crippen LogP contribution in [0.5, 0.6) is 0 Å². The summed E-state index contributed by atoms with van der Waals surface area (Å²) in [6.07, 6.45) is 0.224. The molecule has 16 heavy (non-hydrogen) atoms. The fourth-order valence-electron chi connectivity index (χ4n) is 1.37. The van der Waals surface area contributed by atoms with E-state index in [1.807, 2.05) is 12.1 Å². The Morgan fingerprint density at radius 1 is 1.38 bits per heavy atom. The van der Waals surface area contributed by atoms with Gasteiger partial charge < -0.3 is 0 Å². The summed E-state index contributed by atoms with van der Waals surface area (Å²) in [5.41, 5.74) is 2.14. The van der Waals surface area contributed by atoms with Gasteiger partial charge in [-0.3, -0.25) is 9.89 Å². The average molecular weight is 234 g/mol. The Morgan fingerprint density at radius 2 is 2.06 bits per heavy atom. The zero-order valence-electron chi connectivity index (χ0n) is 8.53. The van der Waals surface area contributed by atoms with E-state index in [1.54, 1.807) is 18.2 Å². The minimum Gasteiger partial charge on any atom is -0.292 e. The van der Waals surface area contributed by atoms with Crippen molar-refractivity contribution in [3.63, 3.8) is 0 Å². The van der Waals surface area contributed by atoms with Gasteiger partial charge in [-0.15, -0.1) is 0 Å². The topological polar surface area (TPSA) is 45.8 Å². The molecule has 0 amide bonds. The predicted molar refractivity (Wildman–Crippen MR) is 63.3 cm³/mol. The number of rotatable bonds is 3. The summed E-state index contributed by atoms with van der Waals surface area (Å²) in [7, 11) is 0. The molecule has 0 aliphatic heterocycles. The number of Topliss-reactive ketones (excluding diaryl/α,β-unsaturated/α-hetero) is 1. The molecule has 0 saturated heterocycles. The molecule has 81 valence electrons. The van der Waals surface area contributed by atoms with E-state index < -0.39 is 0 Å². The lowest BCUT2D eigenvalue weighted by Crippen LogP contribution is -1.95. The SMILES string of the molecule is [CH2]CC(=O)c1cc(-c2ccc(Cl)cc2)n[nH]1. The summed E-state index contributed by atoms with van der Waals surface area (Å²) in [6.45, 7) is 3.54. The van der Waals surface area contributed by atoms with Crippen molar-refractivity contribution in [2.24, 2.45) is 0 Å². The summed E-state index contributed by atoms with van der Waals surface area (Å²) < 4.78 is 0. The molecular formula is C12H10ClN2O. The average Bonchev–Trinajstić information content (AvgIpc) is 2.78. The van der Waals surface area contributed by atoms with Crippen LogP contribution in [0, 0.1) is 6.92 Å². The van der Waals surface area contributed by atoms with Gasteiger partial charge in [-0.1, -0.05) is 23.7 Å². The third kappa shape index (κ3) is 2.14. The van der Waals surface area contributed by atoms with Gasteiger partial charge in [0.05, 0.1) is 5.69 Å². The van der Waals surface area contributed by atoms with Gasteiger partial charge in [0.2, 0.25) is 0 Å². The van der Waals surface area contributed by atoms with Crippen molar-refractivity contribution < 1.29 is 4.79 Å². The Balaban J connectivity index is 2.31. The second-order valence-corrected chi connectivity index (χ2v) is 3.78. The zero-order chi connectivity index (χ0) is 11.5. The van der Waals surface area contributed by atoms with Crippen molar-refractivity contribution in [3.8, 4) is 11.3 Å². The van der Waals surface area contributed by atoms with Gasteiger partial charge in [-0.25, -0.2) is 0 Å². The third-order valence-corrected chi connectivity index (χ3v) is 2.50. The molecule has 2 rings (SSSR count). The Bertz CT molecular complexity index is 502. The van der Waals surface area contributed by atoms with Crippen LogP contribution in [0.1, 0.15) is 16.9 Å². The molecule has 3 nitrogen and oxygen atoms in total. The number of aromatic nitrogens is 2. The highest BCUT2D eigenvalue weighted by atomic mass is 35.5. The molecule has 4 heteroatoms. The smallest absolute Gasteiger partial charge is 0.180 e. The molecule has 0 spiro atoms. The van der Waals surface area contributed by atoms with Gasteiger partial charge in [0, 0.05) is 17.0 Å². The molecule has 1 radical (unpaired) electrons. The number of H-pyrrole nitrogens is 1. The maximum absolute atomic E-state index is 11.4. The van der Waals surface area contributed by atoms with Crippen molar-refractivity contribution in [2.45, 2.75) is 6.42 Å². The molecule has 0 saturated carbocycles. The summed E-state index contributed by atoms with van der Waals surface area (Å²) in [6, 6.07) is 9.01. The molecule has 1 N–H and O–H groups in total. The number of hydrogen-bond acceptors (Lipinski definition) is 2. The molecule has 1 aromatic carbocycles. The van der Waals surface area contributed by atoms with Gasteiger partial charge in [-0.2, -0.15) is 5.10 Å². The number of carbonyl (C=O) groups is 1. The Hall–Kier alpha value is -1.61. The first-order chi connectivity index (χ1) is 7.70. The van der Waals surface area contributed by atoms with E-state index >= 15 is 0 Å². The number of nitrogens with zero attached hydrogens (tertiary/aromatic N) is 1. The van der Waals surface area contributed by atoms with Crippen LogP contribution in [0.4, 0.5) is 0 Å². The molecule has 0 unspecified atom stereocenters. The van der Waals surface area contributed by atoms with Gasteiger partial charge >= 0.3 is 0 Å². The standard InChI is InChI=1S/C12H10ClN2O/c1-2-12(16)11-7-10(14-15-11)8-3-5-9(13)6-4-8/h3-7H,1-2H2,(H,14,15). The van der Waals surface area contributed by atoms with Crippen molar-refractivity contribution in [3.05, 3.63) is 48.0 Å². The van der Waals surface area contributed by atoms with E-state index in [-0.39, 0.29) is 12.2 Å². The second-order valence-electron chi connectivity index (χ2n) is 3.35. The van der Waals surface area contributed by atoms with E-state index in [4.69, 9.17) is 11.6 Å². The minimum atomic E-state index is -0.0484. The van der Waals surface area contributed by atoms with Gasteiger partial charge in [0.15, 0.2) is 5.78 Å². The molecular weight excluding hydrogens is 224 g/mol. The number of carbonyl (C=O) groups excluding carboxylic acids is 1. The Kier molecular flexibility index (Phi) is 3.06. The number of ketones is 1. The number of aromatic amines is 1. The Morgan fingerprint density at radius 3 is 2.69 bits per heavy atom. The highest BCUT2D eigenvalue weighted by molar-refractivity contribution is 6.30. The lowest BCUT2D eigenvalue weighted by atomic mass is 10.1. The molecule has 0 fully saturated rings. The number of halogens is 1. The van der Waals surface area contributed by atoms with E-state index in [2.05, 4.69) is 17.1 Å². The third-order valence-electron chi connectivity index (χ3n) is 2.25. The van der Waals surface area contributed by atoms with Crippen molar-refractivity contribution in [2.75, 3.05) is 0 Å². The lowest BCUT2D eigenvalue weighted by Gasteiger charge is -1.94. The number of hydrogen-bond donors (Lipinski definition) is 1. The summed E-state index contributed by atoms with van der Waals surface area (Å²) in [5.74, 6) is -0.0484. The molecule has 1 heterocycles. The van der Waals surface area contributed by atoms with Crippen LogP contribution in [0.15, 0.2) is 30.3 Å². The molecule has 0 atom stereocenters. The maximum Gasteiger partial charge on any atom is 0.180 e. The zero-order valence-corrected chi connectivity index (χ0v) is 9.29. The summed E-state index contributed by atoms with van der Waals surface area (Å²) >= 11 is 5.79. The summed E-state index contributed by atoms with van der Waals surface area (Å²) in [4.78, 5) is 11.4. The second kappa shape index (κ2) is 4.49. The summed E-state index contributed by atoms with van der Waals surface area (Å²) in [5, 5.41) is 7.44. The van der Waals surface area contributed by atoms with Crippen LogP contribution in [-0.4, -0.2) is 16.0 Å². The van der Waals surface area contributed by atoms with E-state index in [0.717, 1.165) is 11.3 Å². The van der Waals surface area contributed by atoms with E-state index in [9.17, 15) is 4.79 Å². The van der Waals surface area contributed by atoms with Crippen LogP contribution in [-0.2, 0) is 0 Å². The van der Waals surface area contributed by atoms with Gasteiger partial charge in [-0.05, 0) is 25.1 Å². The van der Waals surface area contributed by atoms with Crippen molar-refractivity contribution in [1.29, 1.82) is 0 Å². The largest absolute Gasteiger partial charge is 0.292 e. The highest BCUT2D eigenvalue weighted by Crippen LogP contribution is 2.20. The van der Waals surface area contributed by atoms with Gasteiger partial charge in [0.1, 0.15) is 5.69 Å². The first kappa shape index (κ1) is 10.9. The quantitative estimate of drug-likeness (QED) is 0.828. The van der Waals surface area contributed by atoms with Crippen LogP contribution >= 0.6 is 11.6 Å². The normalized spacial score (nSPS) is 10.4. The molecule has 0 bridgehead atoms. The lowest BCUT2D eigenvalue weighted by molar-refractivity contribution is 0.0990. The number of benzene rings is 1. The molecule has 1 aromatic heterocycles. The first-order valence-corrected chi connectivity index (χ1v) is 5.22. The molecule has 0 aliphatic carbocycles. The van der Waals surface area contributed by atoms with Crippen molar-refractivity contribution >= 4 is 17.4 Å². The minimum absolute atomic E-state index is 0.0484. The van der Waals surface area contributed by atoms with Crippen LogP contribution in [0.2, 0.25) is 5.02 Å². The van der Waals surface area contributed by atoms with E-state index in [1.165, 1.54) is 0 Å². The fourth-order valence-corrected chi connectivity index (χ4v) is 1.49.